The molecule has 0 bridgehead atoms. The average molecular weight is 579 g/mol. The van der Waals surface area contributed by atoms with Crippen LogP contribution in [0.25, 0.3) is 0 Å². The normalized spacial score (nSPS) is 25.9. The number of hydrogen-bond acceptors (Lipinski definition) is 8. The summed E-state index contributed by atoms with van der Waals surface area (Å²) in [6.07, 6.45) is 1.45. The molecule has 4 aliphatic heterocycles. The number of rotatable bonds is 7. The lowest BCUT2D eigenvalue weighted by atomic mass is 9.84. The van der Waals surface area contributed by atoms with Crippen molar-refractivity contribution < 1.29 is 27.0 Å². The van der Waals surface area contributed by atoms with Gasteiger partial charge in [0.2, 0.25) is 5.95 Å². The Kier molecular flexibility index (Phi) is 7.75. The summed E-state index contributed by atoms with van der Waals surface area (Å²) >= 11 is 0. The third-order valence-corrected chi connectivity index (χ3v) is 8.99. The van der Waals surface area contributed by atoms with Crippen LogP contribution in [0.4, 0.5) is 35.0 Å². The smallest absolute Gasteiger partial charge is 0.420 e. The molecule has 0 spiro atoms. The highest BCUT2D eigenvalue weighted by atomic mass is 19.4. The molecule has 0 aliphatic carbocycles. The fourth-order valence-corrected chi connectivity index (χ4v) is 6.88. The zero-order valence-corrected chi connectivity index (χ0v) is 23.5. The van der Waals surface area contributed by atoms with Gasteiger partial charge in [-0.05, 0) is 77.1 Å². The Hall–Kier alpha value is -2.70. The molecular formula is C29H38F4N6O2. The van der Waals surface area contributed by atoms with Crippen LogP contribution >= 0.6 is 0 Å². The van der Waals surface area contributed by atoms with E-state index in [9.17, 15) is 17.6 Å². The molecular weight excluding hydrogens is 540 g/mol. The predicted octanol–water partition coefficient (Wildman–Crippen LogP) is 5.44. The molecule has 224 valence electrons. The van der Waals surface area contributed by atoms with Crippen LogP contribution in [-0.2, 0) is 10.9 Å². The second-order valence-corrected chi connectivity index (χ2v) is 12.4. The maximum Gasteiger partial charge on any atom is 0.420 e. The molecule has 6 rings (SSSR count). The molecule has 4 saturated heterocycles. The van der Waals surface area contributed by atoms with E-state index in [1.807, 2.05) is 0 Å². The first kappa shape index (κ1) is 28.4. The Morgan fingerprint density at radius 3 is 2.56 bits per heavy atom. The van der Waals surface area contributed by atoms with Gasteiger partial charge in [-0.15, -0.1) is 0 Å². The molecule has 1 aromatic carbocycles. The molecule has 4 fully saturated rings. The van der Waals surface area contributed by atoms with E-state index in [0.29, 0.717) is 38.1 Å². The maximum absolute atomic E-state index is 14.7. The number of likely N-dealkylation sites (tertiary alicyclic amines) is 1. The van der Waals surface area contributed by atoms with Crippen molar-refractivity contribution in [1.82, 2.24) is 19.8 Å². The van der Waals surface area contributed by atoms with E-state index in [2.05, 4.69) is 44.2 Å². The lowest BCUT2D eigenvalue weighted by Crippen LogP contribution is -2.55. The summed E-state index contributed by atoms with van der Waals surface area (Å²) in [4.78, 5) is 13.1. The number of nitrogens with one attached hydrogen (secondary N) is 2. The number of fused-ring (bicyclic) bond motifs is 1. The van der Waals surface area contributed by atoms with E-state index in [0.717, 1.165) is 57.6 Å². The molecule has 8 nitrogen and oxygen atoms in total. The first-order chi connectivity index (χ1) is 19.5. The topological polar surface area (TPSA) is 74.8 Å². The van der Waals surface area contributed by atoms with Crippen LogP contribution in [0.2, 0.25) is 0 Å². The van der Waals surface area contributed by atoms with E-state index >= 15 is 0 Å². The van der Waals surface area contributed by atoms with Gasteiger partial charge >= 0.3 is 6.18 Å². The molecule has 0 amide bonds. The number of anilines is 3. The van der Waals surface area contributed by atoms with Crippen LogP contribution in [0.1, 0.15) is 57.9 Å². The summed E-state index contributed by atoms with van der Waals surface area (Å²) in [5.74, 6) is -0.735. The first-order valence-corrected chi connectivity index (χ1v) is 14.6. The van der Waals surface area contributed by atoms with Gasteiger partial charge < -0.3 is 20.1 Å². The van der Waals surface area contributed by atoms with E-state index in [-0.39, 0.29) is 40.9 Å². The molecule has 0 saturated carbocycles. The number of hydrogen-bond donors (Lipinski definition) is 2. The Morgan fingerprint density at radius 1 is 1.07 bits per heavy atom. The number of ether oxygens (including phenoxy) is 2. The monoisotopic (exact) mass is 578 g/mol. The van der Waals surface area contributed by atoms with Gasteiger partial charge in [-0.1, -0.05) is 0 Å². The number of aromatic nitrogens is 2. The summed E-state index contributed by atoms with van der Waals surface area (Å²) < 4.78 is 68.0. The minimum absolute atomic E-state index is 0.0119. The minimum atomic E-state index is -4.62. The molecule has 2 aromatic rings. The molecule has 2 N–H and O–H groups in total. The largest absolute Gasteiger partial charge is 0.490 e. The molecule has 1 aromatic heterocycles. The van der Waals surface area contributed by atoms with Gasteiger partial charge in [-0.25, -0.2) is 9.37 Å². The summed E-state index contributed by atoms with van der Waals surface area (Å²) in [6.45, 7) is 8.48. The Bertz CT molecular complexity index is 1230. The highest BCUT2D eigenvalue weighted by Crippen LogP contribution is 2.40. The lowest BCUT2D eigenvalue weighted by Gasteiger charge is -2.47. The summed E-state index contributed by atoms with van der Waals surface area (Å²) in [7, 11) is 0. The van der Waals surface area contributed by atoms with Gasteiger partial charge in [-0.3, -0.25) is 9.80 Å². The molecule has 12 heteroatoms. The molecule has 2 atom stereocenters. The number of nitrogens with zero attached hydrogens (tertiary/aromatic N) is 4. The standard InChI is InChI=1S/C29H38F4N6O2/c1-28(2)14-19(12-20-4-3-9-39(20)28)35-26-24(30)15-34-27(37-26)36-18-5-6-25(23(13-18)29(31,32)33)41-22-7-10-38(11-8-22)21-16-40-17-21/h5-6,13,15,19-22H,3-4,7-12,14,16-17H2,1-2H3,(H2,34,35,36,37)/t19-,20?/m1/s1. The highest BCUT2D eigenvalue weighted by molar-refractivity contribution is 5.59. The van der Waals surface area contributed by atoms with Crippen molar-refractivity contribution in [2.45, 2.75) is 88.3 Å². The van der Waals surface area contributed by atoms with E-state index < -0.39 is 17.6 Å². The van der Waals surface area contributed by atoms with Crippen LogP contribution in [0, 0.1) is 5.82 Å². The van der Waals surface area contributed by atoms with Crippen LogP contribution in [0.15, 0.2) is 24.4 Å². The molecule has 1 unspecified atom stereocenters. The van der Waals surface area contributed by atoms with Gasteiger partial charge in [0.15, 0.2) is 11.6 Å². The molecule has 5 heterocycles. The fraction of sp³-hybridized carbons (Fsp3) is 0.655. The third kappa shape index (κ3) is 6.24. The third-order valence-electron chi connectivity index (χ3n) is 8.99. The van der Waals surface area contributed by atoms with Crippen molar-refractivity contribution in [3.05, 3.63) is 35.8 Å². The van der Waals surface area contributed by atoms with Gasteiger partial charge in [0.1, 0.15) is 11.9 Å². The first-order valence-electron chi connectivity index (χ1n) is 14.6. The van der Waals surface area contributed by atoms with Gasteiger partial charge in [-0.2, -0.15) is 18.2 Å². The predicted molar refractivity (Wildman–Crippen MR) is 147 cm³/mol. The van der Waals surface area contributed by atoms with Crippen LogP contribution in [0.5, 0.6) is 5.75 Å². The van der Waals surface area contributed by atoms with Gasteiger partial charge in [0.25, 0.3) is 0 Å². The molecule has 4 aliphatic rings. The Balaban J connectivity index is 1.13. The van der Waals surface area contributed by atoms with Crippen molar-refractivity contribution in [2.24, 2.45) is 0 Å². The number of halogens is 4. The molecule has 41 heavy (non-hydrogen) atoms. The summed E-state index contributed by atoms with van der Waals surface area (Å²) in [6, 6.07) is 4.72. The van der Waals surface area contributed by atoms with Gasteiger partial charge in [0, 0.05) is 36.4 Å². The molecule has 0 radical (unpaired) electrons. The quantitative estimate of drug-likeness (QED) is 0.421. The minimum Gasteiger partial charge on any atom is -0.490 e. The number of alkyl halides is 3. The fourth-order valence-electron chi connectivity index (χ4n) is 6.88. The zero-order chi connectivity index (χ0) is 28.8. The van der Waals surface area contributed by atoms with Crippen molar-refractivity contribution >= 4 is 17.5 Å². The number of piperidine rings is 2. The summed E-state index contributed by atoms with van der Waals surface area (Å²) in [5, 5.41) is 6.07. The maximum atomic E-state index is 14.7. The van der Waals surface area contributed by atoms with E-state index in [1.54, 1.807) is 0 Å². The summed E-state index contributed by atoms with van der Waals surface area (Å²) in [5.41, 5.74) is -0.743. The van der Waals surface area contributed by atoms with Crippen molar-refractivity contribution in [1.29, 1.82) is 0 Å². The Morgan fingerprint density at radius 2 is 1.85 bits per heavy atom. The van der Waals surface area contributed by atoms with E-state index in [1.165, 1.54) is 12.1 Å². The van der Waals surface area contributed by atoms with Crippen LogP contribution < -0.4 is 15.4 Å². The lowest BCUT2D eigenvalue weighted by molar-refractivity contribution is -0.139. The average Bonchev–Trinajstić information content (AvgIpc) is 3.36. The van der Waals surface area contributed by atoms with Gasteiger partial charge in [0.05, 0.1) is 31.0 Å². The van der Waals surface area contributed by atoms with Crippen LogP contribution in [0.3, 0.4) is 0 Å². The Labute approximate surface area is 237 Å². The van der Waals surface area contributed by atoms with E-state index in [4.69, 9.17) is 9.47 Å². The van der Waals surface area contributed by atoms with Crippen molar-refractivity contribution in [2.75, 3.05) is 43.5 Å². The van der Waals surface area contributed by atoms with Crippen LogP contribution in [-0.4, -0.2) is 82.4 Å². The second kappa shape index (κ2) is 11.2. The zero-order valence-electron chi connectivity index (χ0n) is 23.5. The second-order valence-electron chi connectivity index (χ2n) is 12.4. The SMILES string of the molecule is CC1(C)C[C@H](Nc2nc(Nc3ccc(OC4CCN(C5COC5)CC4)c(C(F)(F)F)c3)ncc2F)CC2CCCN21. The highest BCUT2D eigenvalue weighted by Gasteiger charge is 2.43. The van der Waals surface area contributed by atoms with Crippen molar-refractivity contribution in [3.8, 4) is 5.75 Å². The number of benzene rings is 1. The van der Waals surface area contributed by atoms with Crippen molar-refractivity contribution in [3.63, 3.8) is 0 Å².